The summed E-state index contributed by atoms with van der Waals surface area (Å²) in [4.78, 5) is 11.3. The largest absolute Gasteiger partial charge is 0.265 e. The summed E-state index contributed by atoms with van der Waals surface area (Å²) in [6.07, 6.45) is 8.92. The summed E-state index contributed by atoms with van der Waals surface area (Å²) in [6.45, 7) is 2.33. The Bertz CT molecular complexity index is 1020. The van der Waals surface area contributed by atoms with Crippen LogP contribution in [0, 0.1) is 5.92 Å². The van der Waals surface area contributed by atoms with E-state index in [4.69, 9.17) is 0 Å². The number of fused-ring (bicyclic) bond motifs is 5. The molecule has 4 heterocycles. The zero-order valence-electron chi connectivity index (χ0n) is 12.7. The van der Waals surface area contributed by atoms with Gasteiger partial charge < -0.3 is 0 Å². The van der Waals surface area contributed by atoms with Gasteiger partial charge in [-0.05, 0) is 42.9 Å². The molecule has 0 aromatic carbocycles. The molecule has 0 N–H and O–H groups in total. The summed E-state index contributed by atoms with van der Waals surface area (Å²) in [7, 11) is 0. The maximum absolute atomic E-state index is 4.68. The highest BCUT2D eigenvalue weighted by atomic mass is 32.1. The van der Waals surface area contributed by atoms with Gasteiger partial charge in [0, 0.05) is 22.8 Å². The van der Waals surface area contributed by atoms with Crippen molar-refractivity contribution in [2.45, 2.75) is 26.2 Å². The van der Waals surface area contributed by atoms with Crippen LogP contribution in [-0.2, 0) is 12.8 Å². The standard InChI is InChI=1S/C17H15N5S/c1-10-2-3-12-13(8-10)23-17-14(12)16-21-20-15(22(16)9-19-17)11-4-6-18-7-5-11/h4-7,9-10H,2-3,8H2,1H3/t10-/m0/s1. The van der Waals surface area contributed by atoms with Crippen LogP contribution in [0.4, 0.5) is 0 Å². The van der Waals surface area contributed by atoms with Crippen molar-refractivity contribution in [2.24, 2.45) is 5.92 Å². The van der Waals surface area contributed by atoms with Gasteiger partial charge in [-0.1, -0.05) is 6.92 Å². The molecule has 0 amide bonds. The topological polar surface area (TPSA) is 56.0 Å². The van der Waals surface area contributed by atoms with E-state index in [1.165, 1.54) is 22.2 Å². The van der Waals surface area contributed by atoms with Gasteiger partial charge in [0.15, 0.2) is 11.5 Å². The lowest BCUT2D eigenvalue weighted by Gasteiger charge is -2.17. The van der Waals surface area contributed by atoms with Gasteiger partial charge in [-0.2, -0.15) is 0 Å². The fourth-order valence-corrected chi connectivity index (χ4v) is 4.78. The number of nitrogens with zero attached hydrogens (tertiary/aromatic N) is 5. The molecule has 0 aliphatic heterocycles. The molecule has 5 nitrogen and oxygen atoms in total. The molecule has 0 saturated carbocycles. The fourth-order valence-electron chi connectivity index (χ4n) is 3.44. The van der Waals surface area contributed by atoms with Crippen LogP contribution < -0.4 is 0 Å². The van der Waals surface area contributed by atoms with Crippen LogP contribution in [0.3, 0.4) is 0 Å². The van der Waals surface area contributed by atoms with E-state index in [2.05, 4.69) is 27.1 Å². The number of thiophene rings is 1. The molecule has 114 valence electrons. The molecule has 0 bridgehead atoms. The molecule has 4 aromatic heterocycles. The zero-order chi connectivity index (χ0) is 15.4. The number of rotatable bonds is 1. The zero-order valence-corrected chi connectivity index (χ0v) is 13.5. The van der Waals surface area contributed by atoms with E-state index in [1.54, 1.807) is 12.4 Å². The van der Waals surface area contributed by atoms with E-state index in [0.29, 0.717) is 0 Å². The lowest BCUT2D eigenvalue weighted by Crippen LogP contribution is -2.08. The Morgan fingerprint density at radius 3 is 2.96 bits per heavy atom. The molecule has 0 saturated heterocycles. The Balaban J connectivity index is 1.80. The summed E-state index contributed by atoms with van der Waals surface area (Å²) < 4.78 is 2.00. The van der Waals surface area contributed by atoms with E-state index < -0.39 is 0 Å². The molecule has 0 fully saturated rings. The van der Waals surface area contributed by atoms with Crippen LogP contribution in [0.15, 0.2) is 30.9 Å². The van der Waals surface area contributed by atoms with Crippen molar-refractivity contribution in [3.8, 4) is 11.4 Å². The van der Waals surface area contributed by atoms with Gasteiger partial charge in [0.25, 0.3) is 0 Å². The Labute approximate surface area is 137 Å². The molecule has 1 aliphatic carbocycles. The van der Waals surface area contributed by atoms with E-state index in [1.807, 2.05) is 34.2 Å². The average molecular weight is 321 g/mol. The van der Waals surface area contributed by atoms with Crippen molar-refractivity contribution in [2.75, 3.05) is 0 Å². The third-order valence-corrected chi connectivity index (χ3v) is 5.80. The highest BCUT2D eigenvalue weighted by Gasteiger charge is 2.23. The fraction of sp³-hybridized carbons (Fsp3) is 0.294. The summed E-state index contributed by atoms with van der Waals surface area (Å²) >= 11 is 1.82. The average Bonchev–Trinajstić information content (AvgIpc) is 3.15. The predicted molar refractivity (Wildman–Crippen MR) is 90.6 cm³/mol. The van der Waals surface area contributed by atoms with Crippen molar-refractivity contribution in [3.63, 3.8) is 0 Å². The van der Waals surface area contributed by atoms with Gasteiger partial charge in [0.2, 0.25) is 0 Å². The SMILES string of the molecule is C[C@H]1CCc2c(sc3ncn4c(-c5ccncc5)nnc4c23)C1. The summed E-state index contributed by atoms with van der Waals surface area (Å²) in [5, 5.41) is 10.1. The molecule has 6 heteroatoms. The molecule has 0 radical (unpaired) electrons. The van der Waals surface area contributed by atoms with E-state index in [0.717, 1.165) is 40.6 Å². The molecule has 5 rings (SSSR count). The first-order valence-electron chi connectivity index (χ1n) is 7.85. The Kier molecular flexibility index (Phi) is 2.76. The van der Waals surface area contributed by atoms with Crippen LogP contribution in [-0.4, -0.2) is 24.6 Å². The van der Waals surface area contributed by atoms with E-state index in [9.17, 15) is 0 Å². The second kappa shape index (κ2) is 4.83. The minimum absolute atomic E-state index is 0.761. The molecule has 0 spiro atoms. The predicted octanol–water partition coefficient (Wildman–Crippen LogP) is 3.53. The van der Waals surface area contributed by atoms with Gasteiger partial charge in [0.1, 0.15) is 11.2 Å². The molecule has 1 aliphatic rings. The normalized spacial score (nSPS) is 17.7. The Morgan fingerprint density at radius 1 is 1.22 bits per heavy atom. The first-order chi connectivity index (χ1) is 11.3. The number of aryl methyl sites for hydroxylation is 1. The summed E-state index contributed by atoms with van der Waals surface area (Å²) in [5.74, 6) is 1.58. The van der Waals surface area contributed by atoms with Crippen molar-refractivity contribution >= 4 is 27.2 Å². The number of hydrogen-bond donors (Lipinski definition) is 0. The van der Waals surface area contributed by atoms with Crippen molar-refractivity contribution in [3.05, 3.63) is 41.3 Å². The smallest absolute Gasteiger partial charge is 0.172 e. The number of aromatic nitrogens is 5. The molecule has 1 atom stereocenters. The second-order valence-electron chi connectivity index (χ2n) is 6.23. The Hall–Kier alpha value is -2.34. The van der Waals surface area contributed by atoms with Crippen LogP contribution in [0.2, 0.25) is 0 Å². The van der Waals surface area contributed by atoms with Crippen LogP contribution in [0.5, 0.6) is 0 Å². The third kappa shape index (κ3) is 1.91. The van der Waals surface area contributed by atoms with E-state index >= 15 is 0 Å². The first kappa shape index (κ1) is 13.1. The highest BCUT2D eigenvalue weighted by Crippen LogP contribution is 2.39. The lowest BCUT2D eigenvalue weighted by molar-refractivity contribution is 0.509. The number of hydrogen-bond acceptors (Lipinski definition) is 5. The van der Waals surface area contributed by atoms with Gasteiger partial charge in [-0.15, -0.1) is 21.5 Å². The highest BCUT2D eigenvalue weighted by molar-refractivity contribution is 7.19. The molecule has 4 aromatic rings. The van der Waals surface area contributed by atoms with Crippen LogP contribution in [0.1, 0.15) is 23.8 Å². The van der Waals surface area contributed by atoms with Gasteiger partial charge in [-0.3, -0.25) is 9.38 Å². The second-order valence-corrected chi connectivity index (χ2v) is 7.31. The van der Waals surface area contributed by atoms with Crippen LogP contribution in [0.25, 0.3) is 27.3 Å². The molecular weight excluding hydrogens is 306 g/mol. The quantitative estimate of drug-likeness (QED) is 0.538. The minimum atomic E-state index is 0.761. The summed E-state index contributed by atoms with van der Waals surface area (Å²) in [5.41, 5.74) is 3.37. The van der Waals surface area contributed by atoms with Crippen molar-refractivity contribution in [1.29, 1.82) is 0 Å². The first-order valence-corrected chi connectivity index (χ1v) is 8.67. The molecule has 23 heavy (non-hydrogen) atoms. The maximum atomic E-state index is 4.68. The molecule has 0 unspecified atom stereocenters. The lowest BCUT2D eigenvalue weighted by atomic mass is 9.89. The van der Waals surface area contributed by atoms with Crippen LogP contribution >= 0.6 is 11.3 Å². The summed E-state index contributed by atoms with van der Waals surface area (Å²) in [6, 6.07) is 3.90. The van der Waals surface area contributed by atoms with Crippen molar-refractivity contribution < 1.29 is 0 Å². The monoisotopic (exact) mass is 321 g/mol. The Morgan fingerprint density at radius 2 is 2.09 bits per heavy atom. The van der Waals surface area contributed by atoms with Gasteiger partial charge in [0.05, 0.1) is 5.39 Å². The van der Waals surface area contributed by atoms with E-state index in [-0.39, 0.29) is 0 Å². The minimum Gasteiger partial charge on any atom is -0.265 e. The van der Waals surface area contributed by atoms with Gasteiger partial charge >= 0.3 is 0 Å². The van der Waals surface area contributed by atoms with Crippen molar-refractivity contribution in [1.82, 2.24) is 24.6 Å². The third-order valence-electron chi connectivity index (χ3n) is 4.64. The maximum Gasteiger partial charge on any atom is 0.172 e. The van der Waals surface area contributed by atoms with Gasteiger partial charge in [-0.25, -0.2) is 4.98 Å². The number of pyridine rings is 1. The molecular formula is C17H15N5S.